The van der Waals surface area contributed by atoms with Gasteiger partial charge in [-0.15, -0.1) is 11.8 Å². The van der Waals surface area contributed by atoms with E-state index in [1.165, 1.54) is 11.8 Å². The Kier molecular flexibility index (Phi) is 17.1. The van der Waals surface area contributed by atoms with E-state index in [1.807, 2.05) is 13.0 Å². The van der Waals surface area contributed by atoms with Crippen molar-refractivity contribution in [3.63, 3.8) is 0 Å². The van der Waals surface area contributed by atoms with Gasteiger partial charge in [0.1, 0.15) is 42.5 Å². The minimum atomic E-state index is -2.57. The highest BCUT2D eigenvalue weighted by Crippen LogP contribution is 2.38. The van der Waals surface area contributed by atoms with Crippen LogP contribution in [0.5, 0.6) is 0 Å². The second-order valence-corrected chi connectivity index (χ2v) is 13.9. The van der Waals surface area contributed by atoms with E-state index in [-0.39, 0.29) is 6.61 Å². The zero-order chi connectivity index (χ0) is 40.9. The van der Waals surface area contributed by atoms with Crippen LogP contribution in [-0.4, -0.2) is 126 Å². The van der Waals surface area contributed by atoms with Crippen LogP contribution in [0.25, 0.3) is 10.4 Å². The Morgan fingerprint density at radius 3 is 2.27 bits per heavy atom. The molecule has 1 aromatic rings. The van der Waals surface area contributed by atoms with E-state index in [0.717, 1.165) is 40.2 Å². The lowest BCUT2D eigenvalue weighted by molar-refractivity contribution is -0.315. The Morgan fingerprint density at radius 1 is 1.05 bits per heavy atom. The van der Waals surface area contributed by atoms with Crippen LogP contribution in [0.2, 0.25) is 0 Å². The average Bonchev–Trinajstić information content (AvgIpc) is 3.10. The monoisotopic (exact) mass is 797 g/mol. The first-order chi connectivity index (χ1) is 26.0. The first-order valence-corrected chi connectivity index (χ1v) is 18.2. The summed E-state index contributed by atoms with van der Waals surface area (Å²) in [5, 5.41) is 18.0. The lowest BCUT2D eigenvalue weighted by Crippen LogP contribution is -2.70. The van der Waals surface area contributed by atoms with Gasteiger partial charge in [-0.1, -0.05) is 42.4 Å². The highest BCUT2D eigenvalue weighted by Gasteiger charge is 2.59. The van der Waals surface area contributed by atoms with Gasteiger partial charge >= 0.3 is 23.9 Å². The molecule has 2 saturated heterocycles. The molecule has 304 valence electrons. The van der Waals surface area contributed by atoms with Crippen LogP contribution in [0.3, 0.4) is 0 Å². The number of primary amides is 1. The Hall–Kier alpha value is -4.50. The van der Waals surface area contributed by atoms with Crippen LogP contribution in [0.1, 0.15) is 53.5 Å². The summed E-state index contributed by atoms with van der Waals surface area (Å²) in [6.07, 6.45) is -11.2. The van der Waals surface area contributed by atoms with Crippen molar-refractivity contribution in [2.75, 3.05) is 19.0 Å². The van der Waals surface area contributed by atoms with Crippen LogP contribution < -0.4 is 11.1 Å². The molecule has 4 N–H and O–H groups in total. The number of nitrogens with two attached hydrogens (primary N) is 1. The van der Waals surface area contributed by atoms with Crippen molar-refractivity contribution in [1.82, 2.24) is 5.32 Å². The van der Waals surface area contributed by atoms with E-state index >= 15 is 0 Å². The summed E-state index contributed by atoms with van der Waals surface area (Å²) in [5.74, 6) is -7.56. The number of amides is 2. The van der Waals surface area contributed by atoms with Crippen molar-refractivity contribution in [3.8, 4) is 0 Å². The van der Waals surface area contributed by atoms with Gasteiger partial charge in [0.2, 0.25) is 5.91 Å². The molecule has 0 saturated carbocycles. The molecule has 0 bridgehead atoms. The van der Waals surface area contributed by atoms with Gasteiger partial charge in [0.15, 0.2) is 12.2 Å². The second kappa shape index (κ2) is 21.0. The number of ether oxygens (including phenoxy) is 8. The highest BCUT2D eigenvalue weighted by molar-refractivity contribution is 7.99. The Labute approximate surface area is 320 Å². The molecule has 0 aliphatic carbocycles. The molecule has 2 aliphatic rings. The predicted octanol–water partition coefficient (Wildman–Crippen LogP) is 0.940. The summed E-state index contributed by atoms with van der Waals surface area (Å²) in [6.45, 7) is 5.83. The molecule has 0 radical (unpaired) electrons. The quantitative estimate of drug-likeness (QED) is 0.0612. The van der Waals surface area contributed by atoms with Crippen molar-refractivity contribution in [1.29, 1.82) is 0 Å². The number of aliphatic hydroxyl groups excluding tert-OH is 1. The maximum atomic E-state index is 13.5. The van der Waals surface area contributed by atoms with Gasteiger partial charge in [0.25, 0.3) is 11.7 Å². The molecular weight excluding hydrogens is 750 g/mol. The van der Waals surface area contributed by atoms with E-state index in [0.29, 0.717) is 5.75 Å². The Morgan fingerprint density at radius 2 is 1.73 bits per heavy atom. The van der Waals surface area contributed by atoms with Crippen molar-refractivity contribution in [3.05, 3.63) is 46.3 Å². The number of nitrogens with one attached hydrogen (secondary N) is 1. The lowest BCUT2D eigenvalue weighted by atomic mass is 9.87. The molecule has 2 amide bonds. The van der Waals surface area contributed by atoms with Crippen LogP contribution in [0, 0.1) is 0 Å². The zero-order valence-electron chi connectivity index (χ0n) is 31.2. The molecule has 2 heterocycles. The molecule has 2 aliphatic heterocycles. The smallest absolute Gasteiger partial charge is 0.303 e. The highest BCUT2D eigenvalue weighted by atomic mass is 32.2. The van der Waals surface area contributed by atoms with Gasteiger partial charge in [-0.2, -0.15) is 0 Å². The lowest BCUT2D eigenvalue weighted by Gasteiger charge is -2.49. The molecule has 20 nitrogen and oxygen atoms in total. The largest absolute Gasteiger partial charge is 0.462 e. The minimum Gasteiger partial charge on any atom is -0.462 e. The number of nitrogens with zero attached hydrogens (tertiary/aromatic N) is 3. The van der Waals surface area contributed by atoms with Gasteiger partial charge in [-0.05, 0) is 16.8 Å². The van der Waals surface area contributed by atoms with Crippen molar-refractivity contribution in [2.24, 2.45) is 10.8 Å². The summed E-state index contributed by atoms with van der Waals surface area (Å²) in [4.78, 5) is 77.8. The van der Waals surface area contributed by atoms with Gasteiger partial charge in [-0.3, -0.25) is 28.8 Å². The van der Waals surface area contributed by atoms with Crippen LogP contribution in [0.15, 0.2) is 35.4 Å². The molecular formula is C34H47N5O15S. The Balaban J connectivity index is 2.09. The topological polar surface area (TPSA) is 283 Å². The fourth-order valence-corrected chi connectivity index (χ4v) is 7.09. The van der Waals surface area contributed by atoms with Gasteiger partial charge < -0.3 is 54.1 Å². The average molecular weight is 798 g/mol. The molecule has 1 unspecified atom stereocenters. The van der Waals surface area contributed by atoms with Crippen LogP contribution in [0.4, 0.5) is 0 Å². The van der Waals surface area contributed by atoms with E-state index < -0.39 is 121 Å². The molecule has 21 heteroatoms. The number of hydrogen-bond acceptors (Lipinski definition) is 17. The number of azide groups is 1. The molecule has 0 aromatic heterocycles. The summed E-state index contributed by atoms with van der Waals surface area (Å²) in [7, 11) is 0. The number of benzene rings is 1. The first kappa shape index (κ1) is 44.9. The van der Waals surface area contributed by atoms with Gasteiger partial charge in [0, 0.05) is 39.5 Å². The van der Waals surface area contributed by atoms with E-state index in [4.69, 9.17) is 43.6 Å². The maximum absolute atomic E-state index is 13.5. The molecule has 0 spiro atoms. The number of carbonyl (C=O) groups excluding carboxylic acids is 6. The number of rotatable bonds is 18. The predicted molar refractivity (Wildman–Crippen MR) is 189 cm³/mol. The zero-order valence-corrected chi connectivity index (χ0v) is 32.0. The minimum absolute atomic E-state index is 0.0239. The van der Waals surface area contributed by atoms with E-state index in [9.17, 15) is 39.4 Å². The third kappa shape index (κ3) is 12.8. The fourth-order valence-electron chi connectivity index (χ4n) is 6.13. The normalized spacial score (nSPS) is 28.6. The van der Waals surface area contributed by atoms with Crippen LogP contribution in [-0.2, 0) is 73.3 Å². The van der Waals surface area contributed by atoms with E-state index in [2.05, 4.69) is 15.3 Å². The molecule has 1 aromatic carbocycles. The van der Waals surface area contributed by atoms with Gasteiger partial charge in [-0.25, -0.2) is 0 Å². The van der Waals surface area contributed by atoms with Crippen molar-refractivity contribution < 1.29 is 71.8 Å². The molecule has 11 atom stereocenters. The van der Waals surface area contributed by atoms with Crippen LogP contribution >= 0.6 is 11.8 Å². The summed E-state index contributed by atoms with van der Waals surface area (Å²) < 4.78 is 46.1. The molecule has 3 rings (SSSR count). The molecule has 55 heavy (non-hydrogen) atoms. The second-order valence-electron chi connectivity index (χ2n) is 12.6. The Bertz CT molecular complexity index is 1570. The number of thioether (sulfide) groups is 1. The number of hydrogen-bond donors (Lipinski definition) is 3. The third-order valence-electron chi connectivity index (χ3n) is 8.30. The third-order valence-corrected chi connectivity index (χ3v) is 9.35. The van der Waals surface area contributed by atoms with E-state index in [1.54, 1.807) is 24.3 Å². The van der Waals surface area contributed by atoms with Crippen molar-refractivity contribution >= 4 is 47.5 Å². The molecule has 2 fully saturated rings. The van der Waals surface area contributed by atoms with Crippen molar-refractivity contribution in [2.45, 2.75) is 121 Å². The number of aliphatic hydroxyl groups is 1. The standard InChI is InChI=1S/C34H47N5O15S/c1-7-55-32-27(38-39-36)30(48-14-22-11-9-8-10-12-22)28(45)24(53-32)16-49-34(33(35)46)13-23(50-19(4)42)26(37-17(2)40)31(54-34)29(52-21(6)44)25(51-20(5)43)15-47-18(3)41/h8-12,23-32,45H,7,13-16H2,1-6H3,(H2,35,46)(H,37,40)/t23-,24+,25+,26+,27+,28-,29+,30+,31+,32-,34?/m0/s1. The summed E-state index contributed by atoms with van der Waals surface area (Å²) in [5.41, 5.74) is 15.2. The maximum Gasteiger partial charge on any atom is 0.303 e. The summed E-state index contributed by atoms with van der Waals surface area (Å²) in [6, 6.07) is 6.60. The number of esters is 4. The first-order valence-electron chi connectivity index (χ1n) is 17.2. The van der Waals surface area contributed by atoms with Gasteiger partial charge in [0.05, 0.1) is 31.8 Å². The fraction of sp³-hybridized carbons (Fsp3) is 0.647. The summed E-state index contributed by atoms with van der Waals surface area (Å²) >= 11 is 1.26. The number of carbonyl (C=O) groups is 6. The SMILES string of the molecule is CCS[C@@H]1O[C@H](COC2(C(N)=O)C[C@H](OC(C)=O)[C@@H](NC(C)=O)[C@H]([C@H](OC(C)=O)[C@@H](COC(C)=O)OC(C)=O)O2)[C@H](O)[C@H](OCc2ccccc2)[C@H]1N=[N+]=[N-].